The van der Waals surface area contributed by atoms with Crippen molar-refractivity contribution in [3.63, 3.8) is 0 Å². The number of aryl methyl sites for hydroxylation is 1. The largest absolute Gasteiger partial charge is 0.349 e. The minimum absolute atomic E-state index is 0.0776. The van der Waals surface area contributed by atoms with Gasteiger partial charge in [-0.2, -0.15) is 4.31 Å². The van der Waals surface area contributed by atoms with E-state index in [2.05, 4.69) is 5.32 Å². The molecule has 33 heavy (non-hydrogen) atoms. The number of benzene rings is 1. The van der Waals surface area contributed by atoms with Gasteiger partial charge in [-0.05, 0) is 50.8 Å². The van der Waals surface area contributed by atoms with Gasteiger partial charge < -0.3 is 9.88 Å². The second kappa shape index (κ2) is 10.4. The van der Waals surface area contributed by atoms with Gasteiger partial charge in [0.05, 0.1) is 10.4 Å². The second-order valence-corrected chi connectivity index (χ2v) is 11.3. The lowest BCUT2D eigenvalue weighted by Crippen LogP contribution is -2.38. The number of carbonyl (C=O) groups is 1. The Kier molecular flexibility index (Phi) is 7.54. The highest BCUT2D eigenvalue weighted by atomic mass is 32.2. The number of pyridine rings is 1. The van der Waals surface area contributed by atoms with Crippen molar-refractivity contribution in [2.75, 3.05) is 13.1 Å². The monoisotopic (exact) mass is 473 g/mol. The van der Waals surface area contributed by atoms with E-state index in [1.165, 1.54) is 29.6 Å². The third kappa shape index (κ3) is 5.17. The highest BCUT2D eigenvalue weighted by molar-refractivity contribution is 7.89. The average Bonchev–Trinajstić information content (AvgIpc) is 2.81. The summed E-state index contributed by atoms with van der Waals surface area (Å²) < 4.78 is 29.7. The number of piperidine rings is 1. The van der Waals surface area contributed by atoms with Crippen LogP contribution in [0.1, 0.15) is 81.5 Å². The van der Waals surface area contributed by atoms with E-state index >= 15 is 0 Å². The second-order valence-electron chi connectivity index (χ2n) is 9.32. The molecule has 1 aromatic carbocycles. The number of hydrogen-bond donors (Lipinski definition) is 1. The molecule has 1 saturated heterocycles. The van der Waals surface area contributed by atoms with E-state index in [0.717, 1.165) is 44.9 Å². The fraction of sp³-hybridized carbons (Fsp3) is 0.600. The standard InChI is InChI=1S/C25H35N3O4S/c1-2-27-18-22(25(30)26-19-11-7-4-3-5-8-12-19)24(29)21-17-20(13-14-23(21)27)33(31,32)28-15-9-6-10-16-28/h13-14,17-19H,2-12,15-16H2,1H3,(H,26,30). The summed E-state index contributed by atoms with van der Waals surface area (Å²) >= 11 is 0. The number of carbonyl (C=O) groups excluding carboxylic acids is 1. The Morgan fingerprint density at radius 1 is 1.00 bits per heavy atom. The Morgan fingerprint density at radius 2 is 1.64 bits per heavy atom. The molecule has 0 bridgehead atoms. The minimum Gasteiger partial charge on any atom is -0.349 e. The van der Waals surface area contributed by atoms with Gasteiger partial charge in [-0.1, -0.05) is 38.5 Å². The SMILES string of the molecule is CCn1cc(C(=O)NC2CCCCCCC2)c(=O)c2cc(S(=O)(=O)N3CCCCC3)ccc21. The van der Waals surface area contributed by atoms with Gasteiger partial charge in [-0.15, -0.1) is 0 Å². The van der Waals surface area contributed by atoms with Crippen LogP contribution >= 0.6 is 0 Å². The lowest BCUT2D eigenvalue weighted by Gasteiger charge is -2.26. The molecule has 0 radical (unpaired) electrons. The number of nitrogens with zero attached hydrogens (tertiary/aromatic N) is 2. The van der Waals surface area contributed by atoms with Crippen LogP contribution in [0.15, 0.2) is 34.1 Å². The first-order valence-electron chi connectivity index (χ1n) is 12.4. The van der Waals surface area contributed by atoms with Crippen LogP contribution in [0.5, 0.6) is 0 Å². The summed E-state index contributed by atoms with van der Waals surface area (Å²) in [6.45, 7) is 3.52. The van der Waals surface area contributed by atoms with Gasteiger partial charge in [0.15, 0.2) is 0 Å². The molecule has 2 aliphatic rings. The Morgan fingerprint density at radius 3 is 2.30 bits per heavy atom. The lowest BCUT2D eigenvalue weighted by molar-refractivity contribution is 0.0929. The van der Waals surface area contributed by atoms with Crippen molar-refractivity contribution in [1.82, 2.24) is 14.2 Å². The fourth-order valence-electron chi connectivity index (χ4n) is 5.08. The van der Waals surface area contributed by atoms with Gasteiger partial charge in [0.25, 0.3) is 5.91 Å². The third-order valence-electron chi connectivity index (χ3n) is 7.03. The summed E-state index contributed by atoms with van der Waals surface area (Å²) in [7, 11) is -3.67. The van der Waals surface area contributed by atoms with Crippen molar-refractivity contribution in [3.8, 4) is 0 Å². The molecule has 0 spiro atoms. The zero-order valence-corrected chi connectivity index (χ0v) is 20.3. The maximum Gasteiger partial charge on any atom is 0.256 e. The van der Waals surface area contributed by atoms with Gasteiger partial charge in [-0.3, -0.25) is 9.59 Å². The van der Waals surface area contributed by atoms with Gasteiger partial charge in [-0.25, -0.2) is 8.42 Å². The Hall–Kier alpha value is -2.19. The van der Waals surface area contributed by atoms with E-state index in [-0.39, 0.29) is 27.8 Å². The van der Waals surface area contributed by atoms with E-state index < -0.39 is 15.5 Å². The number of hydrogen-bond acceptors (Lipinski definition) is 4. The quantitative estimate of drug-likeness (QED) is 0.710. The first-order valence-corrected chi connectivity index (χ1v) is 13.8. The van der Waals surface area contributed by atoms with Crippen molar-refractivity contribution in [2.24, 2.45) is 0 Å². The number of rotatable bonds is 5. The molecule has 2 fully saturated rings. The van der Waals surface area contributed by atoms with E-state index in [1.807, 2.05) is 11.5 Å². The number of aromatic nitrogens is 1. The molecule has 2 heterocycles. The van der Waals surface area contributed by atoms with Crippen molar-refractivity contribution in [1.29, 1.82) is 0 Å². The molecule has 0 atom stereocenters. The first-order chi connectivity index (χ1) is 15.9. The summed E-state index contributed by atoms with van der Waals surface area (Å²) in [4.78, 5) is 26.6. The predicted octanol–water partition coefficient (Wildman–Crippen LogP) is 4.04. The highest BCUT2D eigenvalue weighted by Gasteiger charge is 2.27. The molecule has 7 nitrogen and oxygen atoms in total. The molecule has 2 aromatic rings. The maximum atomic E-state index is 13.4. The number of sulfonamides is 1. The molecular weight excluding hydrogens is 438 g/mol. The predicted molar refractivity (Wildman–Crippen MR) is 130 cm³/mol. The Labute approximate surface area is 196 Å². The molecule has 180 valence electrons. The van der Waals surface area contributed by atoms with E-state index in [1.54, 1.807) is 18.3 Å². The topological polar surface area (TPSA) is 88.5 Å². The van der Waals surface area contributed by atoms with E-state index in [4.69, 9.17) is 0 Å². The molecule has 8 heteroatoms. The first kappa shape index (κ1) is 24.0. The van der Waals surface area contributed by atoms with Crippen molar-refractivity contribution in [2.45, 2.75) is 88.6 Å². The molecule has 1 aliphatic carbocycles. The van der Waals surface area contributed by atoms with Gasteiger partial charge in [0.2, 0.25) is 15.5 Å². The molecule has 0 unspecified atom stereocenters. The summed E-state index contributed by atoms with van der Waals surface area (Å²) in [6.07, 6.45) is 12.0. The van der Waals surface area contributed by atoms with Gasteiger partial charge >= 0.3 is 0 Å². The Bertz CT molecular complexity index is 1160. The highest BCUT2D eigenvalue weighted by Crippen LogP contribution is 2.24. The summed E-state index contributed by atoms with van der Waals surface area (Å²) in [5.41, 5.74) is 0.315. The lowest BCUT2D eigenvalue weighted by atomic mass is 9.96. The summed E-state index contributed by atoms with van der Waals surface area (Å²) in [5.74, 6) is -0.362. The minimum atomic E-state index is -3.67. The normalized spacial score (nSPS) is 19.2. The molecule has 1 aliphatic heterocycles. The van der Waals surface area contributed by atoms with Crippen LogP contribution in [0.2, 0.25) is 0 Å². The van der Waals surface area contributed by atoms with Gasteiger partial charge in [0, 0.05) is 37.3 Å². The maximum absolute atomic E-state index is 13.4. The fourth-order valence-corrected chi connectivity index (χ4v) is 6.62. The van der Waals surface area contributed by atoms with Crippen LogP contribution in [0, 0.1) is 0 Å². The van der Waals surface area contributed by atoms with Crippen molar-refractivity contribution in [3.05, 3.63) is 40.2 Å². The molecular formula is C25H35N3O4S. The Balaban J connectivity index is 1.70. The van der Waals surface area contributed by atoms with Crippen molar-refractivity contribution < 1.29 is 13.2 Å². The zero-order chi connectivity index (χ0) is 23.4. The summed E-state index contributed by atoms with van der Waals surface area (Å²) in [6, 6.07) is 4.80. The van der Waals surface area contributed by atoms with Crippen LogP contribution in [-0.2, 0) is 16.6 Å². The smallest absolute Gasteiger partial charge is 0.256 e. The van der Waals surface area contributed by atoms with Crippen LogP contribution in [0.3, 0.4) is 0 Å². The molecule has 1 saturated carbocycles. The van der Waals surface area contributed by atoms with Crippen LogP contribution in [0.25, 0.3) is 10.9 Å². The zero-order valence-electron chi connectivity index (χ0n) is 19.5. The third-order valence-corrected chi connectivity index (χ3v) is 8.92. The molecule has 1 aromatic heterocycles. The molecule has 1 amide bonds. The number of nitrogens with one attached hydrogen (secondary N) is 1. The molecule has 4 rings (SSSR count). The summed E-state index contributed by atoms with van der Waals surface area (Å²) in [5, 5.41) is 3.36. The van der Waals surface area contributed by atoms with E-state index in [0.29, 0.717) is 25.2 Å². The van der Waals surface area contributed by atoms with Crippen LogP contribution in [0.4, 0.5) is 0 Å². The average molecular weight is 474 g/mol. The number of amides is 1. The van der Waals surface area contributed by atoms with Gasteiger partial charge in [0.1, 0.15) is 5.56 Å². The number of fused-ring (bicyclic) bond motifs is 1. The van der Waals surface area contributed by atoms with E-state index in [9.17, 15) is 18.0 Å². The van der Waals surface area contributed by atoms with Crippen LogP contribution in [-0.4, -0.2) is 42.3 Å². The van der Waals surface area contributed by atoms with Crippen LogP contribution < -0.4 is 10.7 Å². The van der Waals surface area contributed by atoms with Crippen molar-refractivity contribution >= 4 is 26.8 Å². The molecule has 1 N–H and O–H groups in total.